The molecule has 6 nitrogen and oxygen atoms in total. The van der Waals surface area contributed by atoms with Gasteiger partial charge in [0.15, 0.2) is 0 Å². The molecule has 0 atom stereocenters. The van der Waals surface area contributed by atoms with Crippen LogP contribution in [0.15, 0.2) is 77.7 Å². The van der Waals surface area contributed by atoms with E-state index in [9.17, 15) is 14.7 Å². The van der Waals surface area contributed by atoms with Crippen molar-refractivity contribution in [2.45, 2.75) is 43.9 Å². The molecule has 1 aliphatic carbocycles. The summed E-state index contributed by atoms with van der Waals surface area (Å²) in [5.41, 5.74) is 2.92. The summed E-state index contributed by atoms with van der Waals surface area (Å²) >= 11 is 1.78. The van der Waals surface area contributed by atoms with E-state index in [1.54, 1.807) is 22.9 Å². The number of carbonyl (C=O) groups excluding carboxylic acids is 1. The van der Waals surface area contributed by atoms with Crippen molar-refractivity contribution in [3.63, 3.8) is 0 Å². The van der Waals surface area contributed by atoms with Crippen LogP contribution in [0.1, 0.15) is 49.4 Å². The van der Waals surface area contributed by atoms with Gasteiger partial charge in [-0.3, -0.25) is 4.79 Å². The first-order valence-electron chi connectivity index (χ1n) is 12.7. The Kier molecular flexibility index (Phi) is 11.0. The zero-order chi connectivity index (χ0) is 26.6. The first kappa shape index (κ1) is 28.3. The molecule has 0 heterocycles. The molecule has 1 saturated carbocycles. The van der Waals surface area contributed by atoms with Crippen molar-refractivity contribution >= 4 is 30.0 Å². The number of hydrogen-bond acceptors (Lipinski definition) is 5. The second-order valence-corrected chi connectivity index (χ2v) is 10.5. The van der Waals surface area contributed by atoms with Crippen molar-refractivity contribution in [2.24, 2.45) is 5.92 Å². The molecule has 2 N–H and O–H groups in total. The van der Waals surface area contributed by atoms with E-state index in [4.69, 9.17) is 5.11 Å². The summed E-state index contributed by atoms with van der Waals surface area (Å²) in [6, 6.07) is 23.4. The van der Waals surface area contributed by atoms with Crippen molar-refractivity contribution in [1.82, 2.24) is 4.31 Å². The predicted octanol–water partition coefficient (Wildman–Crippen LogP) is 6.95. The lowest BCUT2D eigenvalue weighted by Crippen LogP contribution is -2.29. The van der Waals surface area contributed by atoms with Crippen LogP contribution in [0.4, 0.5) is 5.69 Å². The lowest BCUT2D eigenvalue weighted by atomic mass is 9.89. The Morgan fingerprint density at radius 2 is 1.62 bits per heavy atom. The van der Waals surface area contributed by atoms with Crippen molar-refractivity contribution in [3.8, 4) is 16.9 Å². The fourth-order valence-electron chi connectivity index (χ4n) is 4.32. The van der Waals surface area contributed by atoms with Gasteiger partial charge in [-0.2, -0.15) is 0 Å². The number of carboxylic acids is 1. The number of nitrogens with zero attached hydrogens (tertiary/aromatic N) is 2. The molecule has 1 aliphatic rings. The zero-order valence-corrected chi connectivity index (χ0v) is 22.4. The van der Waals surface area contributed by atoms with Crippen molar-refractivity contribution < 1.29 is 19.8 Å². The first-order chi connectivity index (χ1) is 17.9. The highest BCUT2D eigenvalue weighted by Crippen LogP contribution is 2.29. The molecule has 1 amide bonds. The van der Waals surface area contributed by atoms with Gasteiger partial charge < -0.3 is 15.1 Å². The van der Waals surface area contributed by atoms with Crippen LogP contribution in [0, 0.1) is 5.92 Å². The standard InChI is InChI=1S/C15H19NO4.C15H17NS/c17-10-16(9-11-4-2-1-3-5-11)12-6-7-13(15(19)20)14(18)8-12;1-3-16(2)17-15-11-9-14(10-12-15)13-7-5-4-6-8-13/h6-8,10-11,18H,1-5,9H2,(H,19,20);4-12H,3H2,1-2H3. The molecule has 0 saturated heterocycles. The van der Waals surface area contributed by atoms with E-state index >= 15 is 0 Å². The van der Waals surface area contributed by atoms with E-state index in [2.05, 4.69) is 66.8 Å². The largest absolute Gasteiger partial charge is 0.507 e. The third-order valence-electron chi connectivity index (χ3n) is 6.52. The summed E-state index contributed by atoms with van der Waals surface area (Å²) in [6.07, 6.45) is 6.61. The van der Waals surface area contributed by atoms with Crippen LogP contribution in [-0.4, -0.2) is 47.0 Å². The van der Waals surface area contributed by atoms with Crippen LogP contribution < -0.4 is 4.90 Å². The molecule has 0 aromatic heterocycles. The lowest BCUT2D eigenvalue weighted by molar-refractivity contribution is -0.107. The molecule has 0 radical (unpaired) electrons. The van der Waals surface area contributed by atoms with Crippen LogP contribution in [0.2, 0.25) is 0 Å². The topological polar surface area (TPSA) is 81.1 Å². The highest BCUT2D eigenvalue weighted by molar-refractivity contribution is 7.97. The molecule has 3 aromatic carbocycles. The molecular weight excluding hydrogens is 484 g/mol. The molecule has 4 rings (SSSR count). The number of aromatic hydroxyl groups is 1. The van der Waals surface area contributed by atoms with Gasteiger partial charge in [-0.25, -0.2) is 9.10 Å². The van der Waals surface area contributed by atoms with Crippen molar-refractivity contribution in [2.75, 3.05) is 25.0 Å². The van der Waals surface area contributed by atoms with Gasteiger partial charge in [0.05, 0.1) is 0 Å². The minimum atomic E-state index is -1.18. The minimum Gasteiger partial charge on any atom is -0.507 e. The molecular formula is C30H36N2O4S. The summed E-state index contributed by atoms with van der Waals surface area (Å²) in [5, 5.41) is 18.6. The smallest absolute Gasteiger partial charge is 0.339 e. The Hall–Kier alpha value is -3.29. The van der Waals surface area contributed by atoms with E-state index in [0.29, 0.717) is 18.2 Å². The summed E-state index contributed by atoms with van der Waals surface area (Å²) in [4.78, 5) is 24.9. The maximum Gasteiger partial charge on any atom is 0.339 e. The lowest BCUT2D eigenvalue weighted by Gasteiger charge is -2.27. The van der Waals surface area contributed by atoms with Crippen molar-refractivity contribution in [3.05, 3.63) is 78.4 Å². The Bertz CT molecular complexity index is 1130. The van der Waals surface area contributed by atoms with Crippen LogP contribution in [-0.2, 0) is 4.79 Å². The predicted molar refractivity (Wildman–Crippen MR) is 151 cm³/mol. The highest BCUT2D eigenvalue weighted by Gasteiger charge is 2.19. The number of amides is 1. The van der Waals surface area contributed by atoms with E-state index in [1.807, 2.05) is 6.07 Å². The average Bonchev–Trinajstić information content (AvgIpc) is 2.93. The van der Waals surface area contributed by atoms with Gasteiger partial charge in [0.1, 0.15) is 11.3 Å². The maximum absolute atomic E-state index is 11.2. The Balaban J connectivity index is 0.000000208. The van der Waals surface area contributed by atoms with Crippen LogP contribution >= 0.6 is 11.9 Å². The molecule has 7 heteroatoms. The number of phenols is 1. The second kappa shape index (κ2) is 14.4. The first-order valence-corrected chi connectivity index (χ1v) is 13.5. The molecule has 0 bridgehead atoms. The quantitative estimate of drug-likeness (QED) is 0.235. The monoisotopic (exact) mass is 520 g/mol. The number of hydrogen-bond donors (Lipinski definition) is 2. The summed E-state index contributed by atoms with van der Waals surface area (Å²) in [7, 11) is 2.11. The molecule has 1 fully saturated rings. The number of aromatic carboxylic acids is 1. The maximum atomic E-state index is 11.2. The van der Waals surface area contributed by atoms with Gasteiger partial charge in [-0.15, -0.1) is 0 Å². The minimum absolute atomic E-state index is 0.155. The number of carbonyl (C=O) groups is 2. The van der Waals surface area contributed by atoms with Gasteiger partial charge in [0, 0.05) is 29.7 Å². The summed E-state index contributed by atoms with van der Waals surface area (Å²) in [6.45, 7) is 3.83. The third-order valence-corrected chi connectivity index (χ3v) is 7.57. The van der Waals surface area contributed by atoms with Gasteiger partial charge in [-0.1, -0.05) is 68.7 Å². The molecule has 0 aliphatic heterocycles. The number of rotatable bonds is 9. The zero-order valence-electron chi connectivity index (χ0n) is 21.5. The fraction of sp³-hybridized carbons (Fsp3) is 0.333. The van der Waals surface area contributed by atoms with Gasteiger partial charge >= 0.3 is 5.97 Å². The van der Waals surface area contributed by atoms with Crippen LogP contribution in [0.25, 0.3) is 11.1 Å². The van der Waals surface area contributed by atoms with Gasteiger partial charge in [-0.05, 0) is 73.1 Å². The number of benzene rings is 3. The molecule has 196 valence electrons. The van der Waals surface area contributed by atoms with Crippen LogP contribution in [0.3, 0.4) is 0 Å². The fourth-order valence-corrected chi connectivity index (χ4v) is 5.07. The highest BCUT2D eigenvalue weighted by atomic mass is 32.2. The average molecular weight is 521 g/mol. The number of carboxylic acid groups (broad SMARTS) is 1. The van der Waals surface area contributed by atoms with E-state index in [0.717, 1.165) is 25.8 Å². The van der Waals surface area contributed by atoms with Crippen LogP contribution in [0.5, 0.6) is 5.75 Å². The summed E-state index contributed by atoms with van der Waals surface area (Å²) in [5.74, 6) is -1.01. The Labute approximate surface area is 224 Å². The van der Waals surface area contributed by atoms with Gasteiger partial charge in [0.25, 0.3) is 0 Å². The second-order valence-electron chi connectivity index (χ2n) is 9.19. The van der Waals surface area contributed by atoms with E-state index in [1.165, 1.54) is 47.4 Å². The normalized spacial score (nSPS) is 13.5. The SMILES string of the molecule is CCN(C)Sc1ccc(-c2ccccc2)cc1.O=CN(CC1CCCCC1)c1ccc(C(=O)O)c(O)c1. The number of anilines is 1. The molecule has 0 spiro atoms. The Morgan fingerprint density at radius 3 is 2.19 bits per heavy atom. The molecule has 0 unspecified atom stereocenters. The van der Waals surface area contributed by atoms with E-state index in [-0.39, 0.29) is 11.3 Å². The summed E-state index contributed by atoms with van der Waals surface area (Å²) < 4.78 is 2.22. The molecule has 3 aromatic rings. The van der Waals surface area contributed by atoms with E-state index < -0.39 is 5.97 Å². The van der Waals surface area contributed by atoms with Gasteiger partial charge in [0.2, 0.25) is 6.41 Å². The molecule has 37 heavy (non-hydrogen) atoms. The Morgan fingerprint density at radius 1 is 0.973 bits per heavy atom. The third kappa shape index (κ3) is 8.65. The van der Waals surface area contributed by atoms with Crippen molar-refractivity contribution in [1.29, 1.82) is 0 Å².